The summed E-state index contributed by atoms with van der Waals surface area (Å²) in [7, 11) is 0. The predicted molar refractivity (Wildman–Crippen MR) is 77.7 cm³/mol. The number of carboxylic acid groups (broad SMARTS) is 1. The molecule has 1 N–H and O–H groups in total. The van der Waals surface area contributed by atoms with E-state index in [4.69, 9.17) is 0 Å². The molecule has 0 aromatic carbocycles. The van der Waals surface area contributed by atoms with E-state index in [1.165, 1.54) is 16.7 Å². The molecule has 0 aliphatic carbocycles. The van der Waals surface area contributed by atoms with Crippen molar-refractivity contribution in [1.82, 2.24) is 9.88 Å². The van der Waals surface area contributed by atoms with Gasteiger partial charge in [0.25, 0.3) is 5.91 Å². The molecule has 1 aliphatic heterocycles. The van der Waals surface area contributed by atoms with Gasteiger partial charge in [0.15, 0.2) is 0 Å². The summed E-state index contributed by atoms with van der Waals surface area (Å²) >= 11 is 1.52. The number of rotatable bonds is 3. The van der Waals surface area contributed by atoms with Crippen LogP contribution in [0.4, 0.5) is 0 Å². The van der Waals surface area contributed by atoms with Crippen LogP contribution in [0.15, 0.2) is 18.3 Å². The molecule has 0 saturated carbocycles. The number of aliphatic carboxylic acids is 1. The highest BCUT2D eigenvalue weighted by atomic mass is 32.2. The Morgan fingerprint density at radius 3 is 2.75 bits per heavy atom. The van der Waals surface area contributed by atoms with Crippen LogP contribution < -0.4 is 0 Å². The van der Waals surface area contributed by atoms with Gasteiger partial charge in [0, 0.05) is 11.9 Å². The number of thioether (sulfide) groups is 1. The number of pyridine rings is 1. The summed E-state index contributed by atoms with van der Waals surface area (Å²) in [6, 6.07) is 2.80. The highest BCUT2D eigenvalue weighted by Gasteiger charge is 2.43. The molecule has 1 aromatic heterocycles. The molecule has 2 atom stereocenters. The largest absolute Gasteiger partial charge is 0.480 e. The average Bonchev–Trinajstić information content (AvgIpc) is 2.83. The molecule has 1 amide bonds. The van der Waals surface area contributed by atoms with Gasteiger partial charge in [0.1, 0.15) is 11.7 Å². The first-order valence-corrected chi connectivity index (χ1v) is 7.57. The van der Waals surface area contributed by atoms with Gasteiger partial charge in [-0.2, -0.15) is 0 Å². The average molecular weight is 294 g/mol. The van der Waals surface area contributed by atoms with E-state index in [0.717, 1.165) is 5.56 Å². The van der Waals surface area contributed by atoms with Crippen molar-refractivity contribution in [3.8, 4) is 0 Å². The molecule has 20 heavy (non-hydrogen) atoms. The highest BCUT2D eigenvalue weighted by Crippen LogP contribution is 2.35. The van der Waals surface area contributed by atoms with E-state index >= 15 is 0 Å². The Morgan fingerprint density at radius 1 is 1.50 bits per heavy atom. The summed E-state index contributed by atoms with van der Waals surface area (Å²) < 4.78 is 0. The van der Waals surface area contributed by atoms with Crippen LogP contribution in [-0.2, 0) is 4.79 Å². The quantitative estimate of drug-likeness (QED) is 0.923. The maximum absolute atomic E-state index is 12.7. The van der Waals surface area contributed by atoms with E-state index < -0.39 is 12.0 Å². The number of amides is 1. The minimum Gasteiger partial charge on any atom is -0.480 e. The first-order chi connectivity index (χ1) is 9.43. The topological polar surface area (TPSA) is 70.5 Å². The summed E-state index contributed by atoms with van der Waals surface area (Å²) in [4.78, 5) is 29.7. The standard InChI is InChI=1S/C14H18N2O3S/c1-8(2)13-16(10(7-20-13)14(18)19)12(17)11-9(3)5-4-6-15-11/h4-6,8,10,13H,7H2,1-3H3,(H,18,19). The molecule has 2 unspecified atom stereocenters. The zero-order valence-electron chi connectivity index (χ0n) is 11.7. The van der Waals surface area contributed by atoms with Crippen molar-refractivity contribution >= 4 is 23.6 Å². The van der Waals surface area contributed by atoms with Crippen LogP contribution in [0.2, 0.25) is 0 Å². The van der Waals surface area contributed by atoms with Crippen LogP contribution in [0.1, 0.15) is 29.9 Å². The Balaban J connectivity index is 2.37. The molecule has 1 fully saturated rings. The minimum atomic E-state index is -0.956. The lowest BCUT2D eigenvalue weighted by Gasteiger charge is -2.29. The molecule has 0 radical (unpaired) electrons. The Bertz CT molecular complexity index is 533. The van der Waals surface area contributed by atoms with Crippen molar-refractivity contribution in [2.75, 3.05) is 5.75 Å². The molecule has 5 nitrogen and oxygen atoms in total. The van der Waals surface area contributed by atoms with Crippen LogP contribution in [0, 0.1) is 12.8 Å². The molecule has 0 spiro atoms. The second kappa shape index (κ2) is 5.83. The number of hydrogen-bond donors (Lipinski definition) is 1. The van der Waals surface area contributed by atoms with E-state index in [9.17, 15) is 14.7 Å². The van der Waals surface area contributed by atoms with Crippen molar-refractivity contribution in [1.29, 1.82) is 0 Å². The van der Waals surface area contributed by atoms with Gasteiger partial charge in [-0.15, -0.1) is 11.8 Å². The third-order valence-corrected chi connectivity index (χ3v) is 4.96. The van der Waals surface area contributed by atoms with Crippen LogP contribution in [0.3, 0.4) is 0 Å². The van der Waals surface area contributed by atoms with Gasteiger partial charge in [-0.25, -0.2) is 4.79 Å². The van der Waals surface area contributed by atoms with Gasteiger partial charge in [-0.1, -0.05) is 19.9 Å². The van der Waals surface area contributed by atoms with Gasteiger partial charge in [-0.05, 0) is 24.5 Å². The Hall–Kier alpha value is -1.56. The van der Waals surface area contributed by atoms with Crippen molar-refractivity contribution in [2.45, 2.75) is 32.2 Å². The number of nitrogens with zero attached hydrogens (tertiary/aromatic N) is 2. The molecule has 1 saturated heterocycles. The van der Waals surface area contributed by atoms with Crippen molar-refractivity contribution in [3.05, 3.63) is 29.6 Å². The predicted octanol–water partition coefficient (Wildman–Crippen LogP) is 2.01. The number of carboxylic acids is 1. The third-order valence-electron chi connectivity index (χ3n) is 3.34. The van der Waals surface area contributed by atoms with Gasteiger partial charge in [-0.3, -0.25) is 9.78 Å². The molecular formula is C14H18N2O3S. The van der Waals surface area contributed by atoms with E-state index in [2.05, 4.69) is 4.98 Å². The highest BCUT2D eigenvalue weighted by molar-refractivity contribution is 8.00. The number of carbonyl (C=O) groups is 2. The third kappa shape index (κ3) is 2.65. The van der Waals surface area contributed by atoms with Crippen LogP contribution >= 0.6 is 11.8 Å². The first kappa shape index (κ1) is 14.8. The Kier molecular flexibility index (Phi) is 4.32. The summed E-state index contributed by atoms with van der Waals surface area (Å²) in [5, 5.41) is 9.20. The molecular weight excluding hydrogens is 276 g/mol. The monoisotopic (exact) mass is 294 g/mol. The van der Waals surface area contributed by atoms with Gasteiger partial charge in [0.2, 0.25) is 0 Å². The van der Waals surface area contributed by atoms with Gasteiger partial charge in [0.05, 0.1) is 5.37 Å². The summed E-state index contributed by atoms with van der Waals surface area (Å²) in [6.07, 6.45) is 1.56. The molecule has 108 valence electrons. The number of hydrogen-bond acceptors (Lipinski definition) is 4. The molecule has 1 aromatic rings. The van der Waals surface area contributed by atoms with Crippen LogP contribution in [-0.4, -0.2) is 44.0 Å². The smallest absolute Gasteiger partial charge is 0.327 e. The van der Waals surface area contributed by atoms with Crippen molar-refractivity contribution in [2.24, 2.45) is 5.92 Å². The number of aryl methyl sites for hydroxylation is 1. The minimum absolute atomic E-state index is 0.120. The van der Waals surface area contributed by atoms with Crippen LogP contribution in [0.5, 0.6) is 0 Å². The van der Waals surface area contributed by atoms with Crippen LogP contribution in [0.25, 0.3) is 0 Å². The molecule has 0 bridgehead atoms. The maximum Gasteiger partial charge on any atom is 0.327 e. The molecule has 1 aliphatic rings. The lowest BCUT2D eigenvalue weighted by Crippen LogP contribution is -2.47. The lowest BCUT2D eigenvalue weighted by atomic mass is 10.1. The number of aromatic nitrogens is 1. The molecule has 6 heteroatoms. The second-order valence-corrected chi connectivity index (χ2v) is 6.35. The van der Waals surface area contributed by atoms with Gasteiger partial charge < -0.3 is 10.0 Å². The zero-order valence-corrected chi connectivity index (χ0v) is 12.6. The Morgan fingerprint density at radius 2 is 2.20 bits per heavy atom. The Labute approximate surface area is 122 Å². The van der Waals surface area contributed by atoms with Crippen molar-refractivity contribution in [3.63, 3.8) is 0 Å². The zero-order chi connectivity index (χ0) is 14.9. The van der Waals surface area contributed by atoms with E-state index in [1.807, 2.05) is 26.8 Å². The maximum atomic E-state index is 12.7. The summed E-state index contributed by atoms with van der Waals surface area (Å²) in [6.45, 7) is 5.80. The normalized spacial score (nSPS) is 22.3. The van der Waals surface area contributed by atoms with E-state index in [-0.39, 0.29) is 17.2 Å². The first-order valence-electron chi connectivity index (χ1n) is 6.52. The molecule has 2 heterocycles. The second-order valence-electron chi connectivity index (χ2n) is 5.20. The lowest BCUT2D eigenvalue weighted by molar-refractivity contribution is -0.141. The fourth-order valence-electron chi connectivity index (χ4n) is 2.32. The fourth-order valence-corrected chi connectivity index (χ4v) is 3.79. The number of carbonyl (C=O) groups excluding carboxylic acids is 1. The summed E-state index contributed by atoms with van der Waals surface area (Å²) in [5.74, 6) is -0.630. The van der Waals surface area contributed by atoms with E-state index in [1.54, 1.807) is 12.3 Å². The SMILES string of the molecule is Cc1cccnc1C(=O)N1C(C(=O)O)CSC1C(C)C. The van der Waals surface area contributed by atoms with E-state index in [0.29, 0.717) is 11.4 Å². The summed E-state index contributed by atoms with van der Waals surface area (Å²) in [5.41, 5.74) is 1.10. The fraction of sp³-hybridized carbons (Fsp3) is 0.500. The van der Waals surface area contributed by atoms with Crippen molar-refractivity contribution < 1.29 is 14.7 Å². The molecule has 2 rings (SSSR count). The van der Waals surface area contributed by atoms with Gasteiger partial charge >= 0.3 is 5.97 Å².